The van der Waals surface area contributed by atoms with E-state index in [9.17, 15) is 4.79 Å². The zero-order valence-electron chi connectivity index (χ0n) is 7.58. The van der Waals surface area contributed by atoms with E-state index in [1.807, 2.05) is 0 Å². The van der Waals surface area contributed by atoms with Crippen LogP contribution in [0.15, 0.2) is 24.8 Å². The van der Waals surface area contributed by atoms with Crippen LogP contribution in [0.4, 0.5) is 0 Å². The number of aromatic nitrogens is 4. The second-order valence-corrected chi connectivity index (χ2v) is 2.82. The summed E-state index contributed by atoms with van der Waals surface area (Å²) in [5, 5.41) is 4.15. The van der Waals surface area contributed by atoms with E-state index in [1.165, 1.54) is 6.33 Å². The Morgan fingerprint density at radius 2 is 2.36 bits per heavy atom. The number of aldehydes is 1. The van der Waals surface area contributed by atoms with Crippen molar-refractivity contribution in [3.05, 3.63) is 30.4 Å². The van der Waals surface area contributed by atoms with Gasteiger partial charge in [-0.3, -0.25) is 9.48 Å². The van der Waals surface area contributed by atoms with Gasteiger partial charge in [0.2, 0.25) is 0 Å². The molecular formula is C9H8N4O. The molecule has 0 spiro atoms. The van der Waals surface area contributed by atoms with E-state index in [2.05, 4.69) is 15.1 Å². The molecule has 0 amide bonds. The molecule has 2 aromatic rings. The highest BCUT2D eigenvalue weighted by atomic mass is 16.1. The summed E-state index contributed by atoms with van der Waals surface area (Å²) in [6.07, 6.45) is 5.47. The van der Waals surface area contributed by atoms with Crippen molar-refractivity contribution in [2.75, 3.05) is 0 Å². The van der Waals surface area contributed by atoms with Crippen LogP contribution in [0.3, 0.4) is 0 Å². The molecule has 0 aliphatic carbocycles. The Balaban J connectivity index is 2.56. The zero-order chi connectivity index (χ0) is 9.97. The number of nitrogens with zero attached hydrogens (tertiary/aromatic N) is 4. The zero-order valence-corrected chi connectivity index (χ0v) is 7.58. The largest absolute Gasteiger partial charge is 0.298 e. The van der Waals surface area contributed by atoms with Gasteiger partial charge in [0.1, 0.15) is 12.0 Å². The van der Waals surface area contributed by atoms with Gasteiger partial charge in [-0.2, -0.15) is 5.10 Å². The maximum absolute atomic E-state index is 10.7. The van der Waals surface area contributed by atoms with Gasteiger partial charge in [0.15, 0.2) is 6.29 Å². The van der Waals surface area contributed by atoms with Gasteiger partial charge >= 0.3 is 0 Å². The molecule has 0 atom stereocenters. The summed E-state index contributed by atoms with van der Waals surface area (Å²) in [4.78, 5) is 18.5. The van der Waals surface area contributed by atoms with Crippen molar-refractivity contribution in [1.82, 2.24) is 19.7 Å². The third-order valence-corrected chi connectivity index (χ3v) is 1.81. The molecule has 0 radical (unpaired) electrons. The summed E-state index contributed by atoms with van der Waals surface area (Å²) in [6, 6.07) is 1.72. The number of hydrogen-bond acceptors (Lipinski definition) is 4. The SMILES string of the molecule is Cn1cc(C=O)c(-c2ccncn2)n1. The minimum atomic E-state index is 0.534. The molecule has 0 unspecified atom stereocenters. The summed E-state index contributed by atoms with van der Waals surface area (Å²) in [5.41, 5.74) is 1.78. The molecule has 2 heterocycles. The maximum Gasteiger partial charge on any atom is 0.153 e. The fraction of sp³-hybridized carbons (Fsp3) is 0.111. The molecule has 2 rings (SSSR count). The third kappa shape index (κ3) is 1.39. The van der Waals surface area contributed by atoms with Crippen LogP contribution in [0.25, 0.3) is 11.4 Å². The standard InChI is InChI=1S/C9H8N4O/c1-13-4-7(5-14)9(12-13)8-2-3-10-6-11-8/h2-6H,1H3. The normalized spacial score (nSPS) is 10.1. The van der Waals surface area contributed by atoms with Crippen molar-refractivity contribution in [2.45, 2.75) is 0 Å². The maximum atomic E-state index is 10.7. The molecule has 0 bridgehead atoms. The molecule has 70 valence electrons. The van der Waals surface area contributed by atoms with Crippen LogP contribution in [0, 0.1) is 0 Å². The molecule has 0 aliphatic heterocycles. The summed E-state index contributed by atoms with van der Waals surface area (Å²) in [5.74, 6) is 0. The first kappa shape index (κ1) is 8.55. The lowest BCUT2D eigenvalue weighted by molar-refractivity contribution is 0.112. The first-order valence-electron chi connectivity index (χ1n) is 4.06. The number of carbonyl (C=O) groups excluding carboxylic acids is 1. The van der Waals surface area contributed by atoms with Gasteiger partial charge in [0, 0.05) is 19.4 Å². The van der Waals surface area contributed by atoms with E-state index in [-0.39, 0.29) is 0 Å². The summed E-state index contributed by atoms with van der Waals surface area (Å²) in [6.45, 7) is 0. The van der Waals surface area contributed by atoms with Crippen molar-refractivity contribution in [3.8, 4) is 11.4 Å². The quantitative estimate of drug-likeness (QED) is 0.650. The van der Waals surface area contributed by atoms with Crippen LogP contribution in [0.2, 0.25) is 0 Å². The first-order chi connectivity index (χ1) is 6.81. The van der Waals surface area contributed by atoms with Gasteiger partial charge in [-0.1, -0.05) is 0 Å². The molecule has 0 fully saturated rings. The van der Waals surface area contributed by atoms with Crippen LogP contribution < -0.4 is 0 Å². The van der Waals surface area contributed by atoms with Crippen molar-refractivity contribution < 1.29 is 4.79 Å². The molecule has 0 aliphatic rings. The molecule has 0 aromatic carbocycles. The summed E-state index contributed by atoms with van der Waals surface area (Å²) in [7, 11) is 1.76. The molecule has 0 N–H and O–H groups in total. The highest BCUT2D eigenvalue weighted by Crippen LogP contribution is 2.16. The number of hydrogen-bond donors (Lipinski definition) is 0. The van der Waals surface area contributed by atoms with Gasteiger partial charge in [-0.25, -0.2) is 9.97 Å². The Kier molecular flexibility index (Phi) is 2.06. The number of rotatable bonds is 2. The Morgan fingerprint density at radius 1 is 1.50 bits per heavy atom. The highest BCUT2D eigenvalue weighted by Gasteiger charge is 2.09. The predicted octanol–water partition coefficient (Wildman–Crippen LogP) is 0.690. The minimum Gasteiger partial charge on any atom is -0.298 e. The second kappa shape index (κ2) is 3.37. The predicted molar refractivity (Wildman–Crippen MR) is 49.6 cm³/mol. The molecular weight excluding hydrogens is 180 g/mol. The lowest BCUT2D eigenvalue weighted by atomic mass is 10.2. The second-order valence-electron chi connectivity index (χ2n) is 2.82. The van der Waals surface area contributed by atoms with E-state index in [0.717, 1.165) is 6.29 Å². The van der Waals surface area contributed by atoms with Gasteiger partial charge in [-0.15, -0.1) is 0 Å². The van der Waals surface area contributed by atoms with E-state index in [1.54, 1.807) is 30.2 Å². The fourth-order valence-corrected chi connectivity index (χ4v) is 1.22. The van der Waals surface area contributed by atoms with E-state index in [4.69, 9.17) is 0 Å². The average molecular weight is 188 g/mol. The van der Waals surface area contributed by atoms with Crippen LogP contribution in [-0.4, -0.2) is 26.0 Å². The molecule has 0 saturated heterocycles. The van der Waals surface area contributed by atoms with Gasteiger partial charge < -0.3 is 0 Å². The summed E-state index contributed by atoms with van der Waals surface area (Å²) < 4.78 is 1.58. The first-order valence-corrected chi connectivity index (χ1v) is 4.06. The molecule has 5 nitrogen and oxygen atoms in total. The fourth-order valence-electron chi connectivity index (χ4n) is 1.22. The van der Waals surface area contributed by atoms with Crippen molar-refractivity contribution in [1.29, 1.82) is 0 Å². The van der Waals surface area contributed by atoms with E-state index >= 15 is 0 Å². The van der Waals surface area contributed by atoms with Gasteiger partial charge in [-0.05, 0) is 6.07 Å². The van der Waals surface area contributed by atoms with Gasteiger partial charge in [0.25, 0.3) is 0 Å². The van der Waals surface area contributed by atoms with E-state index in [0.29, 0.717) is 17.0 Å². The third-order valence-electron chi connectivity index (χ3n) is 1.81. The van der Waals surface area contributed by atoms with Crippen molar-refractivity contribution in [2.24, 2.45) is 7.05 Å². The Hall–Kier alpha value is -2.04. The summed E-state index contributed by atoms with van der Waals surface area (Å²) >= 11 is 0. The van der Waals surface area contributed by atoms with Gasteiger partial charge in [0.05, 0.1) is 11.3 Å². The average Bonchev–Trinajstić information content (AvgIpc) is 2.61. The van der Waals surface area contributed by atoms with Crippen LogP contribution in [0.5, 0.6) is 0 Å². The van der Waals surface area contributed by atoms with Crippen LogP contribution >= 0.6 is 0 Å². The van der Waals surface area contributed by atoms with E-state index < -0.39 is 0 Å². The Labute approximate surface area is 80.4 Å². The Morgan fingerprint density at radius 3 is 3.00 bits per heavy atom. The highest BCUT2D eigenvalue weighted by molar-refractivity contribution is 5.84. The lowest BCUT2D eigenvalue weighted by Crippen LogP contribution is -1.90. The molecule has 5 heteroatoms. The number of carbonyl (C=O) groups is 1. The number of aryl methyl sites for hydroxylation is 1. The van der Waals surface area contributed by atoms with Crippen LogP contribution in [-0.2, 0) is 7.05 Å². The topological polar surface area (TPSA) is 60.7 Å². The molecule has 0 saturated carbocycles. The minimum absolute atomic E-state index is 0.534. The lowest BCUT2D eigenvalue weighted by Gasteiger charge is -1.94. The van der Waals surface area contributed by atoms with Crippen molar-refractivity contribution >= 4 is 6.29 Å². The monoisotopic (exact) mass is 188 g/mol. The molecule has 2 aromatic heterocycles. The van der Waals surface area contributed by atoms with Crippen LogP contribution in [0.1, 0.15) is 10.4 Å². The Bertz CT molecular complexity index is 449. The molecule has 14 heavy (non-hydrogen) atoms. The van der Waals surface area contributed by atoms with Crippen molar-refractivity contribution in [3.63, 3.8) is 0 Å². The smallest absolute Gasteiger partial charge is 0.153 e.